The fourth-order valence-electron chi connectivity index (χ4n) is 3.33. The van der Waals surface area contributed by atoms with Crippen molar-refractivity contribution in [1.82, 2.24) is 18.7 Å². The lowest BCUT2D eigenvalue weighted by molar-refractivity contribution is -0.690. The second-order valence-electron chi connectivity index (χ2n) is 6.70. The van der Waals surface area contributed by atoms with Gasteiger partial charge in [0.2, 0.25) is 0 Å². The van der Waals surface area contributed by atoms with Crippen molar-refractivity contribution in [2.45, 2.75) is 32.4 Å². The molecule has 0 saturated carbocycles. The summed E-state index contributed by atoms with van der Waals surface area (Å²) in [4.78, 5) is 28.7. The Morgan fingerprint density at radius 2 is 1.81 bits per heavy atom. The third-order valence-electron chi connectivity index (χ3n) is 4.95. The van der Waals surface area contributed by atoms with Gasteiger partial charge in [0.15, 0.2) is 11.2 Å². The maximum Gasteiger partial charge on any atom is 0.332 e. The van der Waals surface area contributed by atoms with Gasteiger partial charge in [-0.2, -0.15) is 0 Å². The van der Waals surface area contributed by atoms with Crippen molar-refractivity contribution < 1.29 is 17.7 Å². The van der Waals surface area contributed by atoms with E-state index >= 15 is 0 Å². The standard InChI is InChI=1S/C19H25N5O2.ClH/c1-4-15(12-14-8-6-5-7-9-14)20-10-11-24-13-21-17-16(24)18(25)23(3)19(26)22(17)2;/h5-9,13,15,20H,4,10-12H2,1-3H3;1H. The van der Waals surface area contributed by atoms with Gasteiger partial charge in [-0.15, -0.1) is 0 Å². The average molecular weight is 392 g/mol. The molecule has 0 fully saturated rings. The molecular weight excluding hydrogens is 366 g/mol. The number of benzene rings is 1. The number of aromatic nitrogens is 4. The molecule has 3 aromatic rings. The highest BCUT2D eigenvalue weighted by atomic mass is 35.5. The monoisotopic (exact) mass is 391 g/mol. The number of nitrogens with two attached hydrogens (primary N) is 1. The first kappa shape index (κ1) is 20.9. The van der Waals surface area contributed by atoms with Gasteiger partial charge >= 0.3 is 5.69 Å². The smallest absolute Gasteiger partial charge is 0.332 e. The van der Waals surface area contributed by atoms with Crippen LogP contribution in [0.5, 0.6) is 0 Å². The topological polar surface area (TPSA) is 78.4 Å². The molecule has 27 heavy (non-hydrogen) atoms. The summed E-state index contributed by atoms with van der Waals surface area (Å²) in [5.41, 5.74) is 1.62. The van der Waals surface area contributed by atoms with Crippen molar-refractivity contribution in [1.29, 1.82) is 0 Å². The SMILES string of the molecule is CCC(Cc1ccccc1)[NH2+]CCn1cnc2c1c(=O)n(C)c(=O)n2C.[Cl-]. The van der Waals surface area contributed by atoms with Gasteiger partial charge in [-0.3, -0.25) is 13.9 Å². The molecular formula is C19H26ClN5O2. The van der Waals surface area contributed by atoms with Crippen LogP contribution in [0.2, 0.25) is 0 Å². The number of hydrogen-bond acceptors (Lipinski definition) is 3. The zero-order chi connectivity index (χ0) is 18.7. The van der Waals surface area contributed by atoms with E-state index in [4.69, 9.17) is 0 Å². The molecule has 0 aliphatic carbocycles. The van der Waals surface area contributed by atoms with E-state index in [1.807, 2.05) is 10.6 Å². The van der Waals surface area contributed by atoms with E-state index in [0.29, 0.717) is 23.8 Å². The van der Waals surface area contributed by atoms with Crippen LogP contribution in [-0.4, -0.2) is 31.3 Å². The van der Waals surface area contributed by atoms with Crippen LogP contribution in [0.4, 0.5) is 0 Å². The molecule has 1 aromatic carbocycles. The average Bonchev–Trinajstić information content (AvgIpc) is 3.08. The van der Waals surface area contributed by atoms with E-state index in [1.54, 1.807) is 13.4 Å². The van der Waals surface area contributed by atoms with Crippen molar-refractivity contribution in [2.24, 2.45) is 14.1 Å². The summed E-state index contributed by atoms with van der Waals surface area (Å²) >= 11 is 0. The van der Waals surface area contributed by atoms with Crippen molar-refractivity contribution in [3.63, 3.8) is 0 Å². The fourth-order valence-corrected chi connectivity index (χ4v) is 3.33. The number of quaternary nitrogens is 1. The van der Waals surface area contributed by atoms with Gasteiger partial charge in [-0.25, -0.2) is 9.78 Å². The molecule has 2 heterocycles. The summed E-state index contributed by atoms with van der Waals surface area (Å²) < 4.78 is 4.40. The Hall–Kier alpha value is -2.38. The Labute approximate surface area is 164 Å². The number of rotatable bonds is 7. The number of nitrogens with zero attached hydrogens (tertiary/aromatic N) is 4. The molecule has 3 rings (SSSR count). The molecule has 1 atom stereocenters. The Kier molecular flexibility index (Phi) is 6.98. The van der Waals surface area contributed by atoms with Gasteiger partial charge in [0.1, 0.15) is 0 Å². The Balaban J connectivity index is 0.00000261. The van der Waals surface area contributed by atoms with Gasteiger partial charge in [0.05, 0.1) is 25.5 Å². The van der Waals surface area contributed by atoms with Gasteiger partial charge in [-0.1, -0.05) is 37.3 Å². The first-order chi connectivity index (χ1) is 12.5. The second kappa shape index (κ2) is 9.01. The van der Waals surface area contributed by atoms with E-state index in [1.165, 1.54) is 17.2 Å². The molecule has 2 aromatic heterocycles. The Morgan fingerprint density at radius 1 is 1.11 bits per heavy atom. The molecule has 7 nitrogen and oxygen atoms in total. The van der Waals surface area contributed by atoms with Crippen LogP contribution in [0.1, 0.15) is 18.9 Å². The Bertz CT molecular complexity index is 1010. The van der Waals surface area contributed by atoms with Gasteiger partial charge in [-0.05, 0) is 12.0 Å². The molecule has 2 N–H and O–H groups in total. The highest BCUT2D eigenvalue weighted by Gasteiger charge is 2.15. The van der Waals surface area contributed by atoms with Crippen molar-refractivity contribution in [3.8, 4) is 0 Å². The molecule has 0 radical (unpaired) electrons. The van der Waals surface area contributed by atoms with Crippen LogP contribution in [0.15, 0.2) is 46.2 Å². The molecule has 0 aliphatic heterocycles. The van der Waals surface area contributed by atoms with E-state index < -0.39 is 0 Å². The highest BCUT2D eigenvalue weighted by molar-refractivity contribution is 5.69. The molecule has 0 saturated heterocycles. The predicted octanol–water partition coefficient (Wildman–Crippen LogP) is -2.98. The summed E-state index contributed by atoms with van der Waals surface area (Å²) in [6, 6.07) is 11.0. The highest BCUT2D eigenvalue weighted by Crippen LogP contribution is 2.05. The summed E-state index contributed by atoms with van der Waals surface area (Å²) in [7, 11) is 3.14. The lowest BCUT2D eigenvalue weighted by Gasteiger charge is -2.14. The van der Waals surface area contributed by atoms with Crippen LogP contribution in [0.25, 0.3) is 11.2 Å². The number of fused-ring (bicyclic) bond motifs is 1. The minimum absolute atomic E-state index is 0. The maximum absolute atomic E-state index is 12.5. The van der Waals surface area contributed by atoms with Crippen molar-refractivity contribution in [2.75, 3.05) is 6.54 Å². The predicted molar refractivity (Wildman–Crippen MR) is 101 cm³/mol. The minimum Gasteiger partial charge on any atom is -1.00 e. The van der Waals surface area contributed by atoms with E-state index in [9.17, 15) is 9.59 Å². The summed E-state index contributed by atoms with van der Waals surface area (Å²) in [6.07, 6.45) is 3.76. The third kappa shape index (κ3) is 4.31. The minimum atomic E-state index is -0.353. The fraction of sp³-hybridized carbons (Fsp3) is 0.421. The lowest BCUT2D eigenvalue weighted by atomic mass is 10.0. The number of aryl methyl sites for hydroxylation is 1. The molecule has 0 amide bonds. The lowest BCUT2D eigenvalue weighted by Crippen LogP contribution is -3.00. The number of hydrogen-bond donors (Lipinski definition) is 1. The molecule has 0 aliphatic rings. The van der Waals surface area contributed by atoms with Gasteiger partial charge in [0, 0.05) is 20.5 Å². The van der Waals surface area contributed by atoms with Crippen molar-refractivity contribution >= 4 is 11.2 Å². The van der Waals surface area contributed by atoms with Crippen LogP contribution in [-0.2, 0) is 27.1 Å². The van der Waals surface area contributed by atoms with Crippen LogP contribution in [0.3, 0.4) is 0 Å². The molecule has 146 valence electrons. The number of imidazole rings is 1. The van der Waals surface area contributed by atoms with Gasteiger partial charge in [0.25, 0.3) is 5.56 Å². The largest absolute Gasteiger partial charge is 1.00 e. The first-order valence-corrected chi connectivity index (χ1v) is 9.01. The van der Waals surface area contributed by atoms with Gasteiger partial charge < -0.3 is 22.3 Å². The van der Waals surface area contributed by atoms with Crippen LogP contribution >= 0.6 is 0 Å². The number of halogens is 1. The van der Waals surface area contributed by atoms with E-state index in [0.717, 1.165) is 24.0 Å². The maximum atomic E-state index is 12.5. The van der Waals surface area contributed by atoms with Crippen LogP contribution in [0, 0.1) is 0 Å². The van der Waals surface area contributed by atoms with E-state index in [2.05, 4.69) is 41.5 Å². The molecule has 0 spiro atoms. The van der Waals surface area contributed by atoms with E-state index in [-0.39, 0.29) is 23.7 Å². The normalized spacial score (nSPS) is 12.1. The zero-order valence-corrected chi connectivity index (χ0v) is 16.7. The second-order valence-corrected chi connectivity index (χ2v) is 6.70. The summed E-state index contributed by atoms with van der Waals surface area (Å²) in [5.74, 6) is 0. The quantitative estimate of drug-likeness (QED) is 0.467. The first-order valence-electron chi connectivity index (χ1n) is 9.01. The van der Waals surface area contributed by atoms with Crippen LogP contribution < -0.4 is 29.0 Å². The zero-order valence-electron chi connectivity index (χ0n) is 15.9. The third-order valence-corrected chi connectivity index (χ3v) is 4.95. The Morgan fingerprint density at radius 3 is 2.48 bits per heavy atom. The molecule has 8 heteroatoms. The molecule has 0 bridgehead atoms. The van der Waals surface area contributed by atoms with Crippen molar-refractivity contribution in [3.05, 3.63) is 63.1 Å². The summed E-state index contributed by atoms with van der Waals surface area (Å²) in [5, 5.41) is 2.32. The summed E-state index contributed by atoms with van der Waals surface area (Å²) in [6.45, 7) is 3.72. The molecule has 1 unspecified atom stereocenters.